The molecular formula is C33H51NO2. The lowest BCUT2D eigenvalue weighted by atomic mass is 10.0. The molecule has 0 N–H and O–H groups in total. The molecule has 0 spiro atoms. The molecule has 3 heteroatoms. The first-order chi connectivity index (χ1) is 17.8. The van der Waals surface area contributed by atoms with Crippen LogP contribution in [0.25, 0.3) is 0 Å². The zero-order valence-corrected chi connectivity index (χ0v) is 23.2. The van der Waals surface area contributed by atoms with Gasteiger partial charge in [0.1, 0.15) is 11.5 Å². The molecule has 0 amide bonds. The van der Waals surface area contributed by atoms with E-state index in [1.165, 1.54) is 89.9 Å². The molecule has 0 fully saturated rings. The van der Waals surface area contributed by atoms with E-state index in [-0.39, 0.29) is 0 Å². The van der Waals surface area contributed by atoms with E-state index in [0.717, 1.165) is 48.8 Å². The third-order valence-corrected chi connectivity index (χ3v) is 6.61. The van der Waals surface area contributed by atoms with E-state index in [4.69, 9.17) is 9.47 Å². The predicted molar refractivity (Wildman–Crippen MR) is 156 cm³/mol. The summed E-state index contributed by atoms with van der Waals surface area (Å²) in [6, 6.07) is 16.2. The number of hydrogen-bond donors (Lipinski definition) is 0. The molecule has 0 unspecified atom stereocenters. The Kier molecular flexibility index (Phi) is 17.3. The number of unbranched alkanes of at least 4 members (excludes halogenated alkanes) is 14. The molecule has 0 aliphatic heterocycles. The molecule has 2 aromatic carbocycles. The number of nitrogens with zero attached hydrogens (tertiary/aromatic N) is 1. The van der Waals surface area contributed by atoms with Gasteiger partial charge in [0.05, 0.1) is 18.9 Å². The van der Waals surface area contributed by atoms with Crippen LogP contribution in [0.3, 0.4) is 0 Å². The molecule has 0 aliphatic carbocycles. The zero-order chi connectivity index (χ0) is 25.5. The second-order valence-electron chi connectivity index (χ2n) is 9.97. The summed E-state index contributed by atoms with van der Waals surface area (Å²) in [4.78, 5) is 4.59. The summed E-state index contributed by atoms with van der Waals surface area (Å²) in [6.45, 7) is 6.08. The van der Waals surface area contributed by atoms with E-state index in [2.05, 4.69) is 18.8 Å². The van der Waals surface area contributed by atoms with Gasteiger partial charge < -0.3 is 9.47 Å². The topological polar surface area (TPSA) is 30.8 Å². The molecule has 200 valence electrons. The van der Waals surface area contributed by atoms with Gasteiger partial charge in [0.25, 0.3) is 0 Å². The maximum Gasteiger partial charge on any atom is 0.119 e. The van der Waals surface area contributed by atoms with Crippen molar-refractivity contribution in [3.8, 4) is 11.5 Å². The van der Waals surface area contributed by atoms with Crippen LogP contribution in [0.2, 0.25) is 0 Å². The monoisotopic (exact) mass is 493 g/mol. The van der Waals surface area contributed by atoms with Crippen molar-refractivity contribution in [1.29, 1.82) is 0 Å². The lowest BCUT2D eigenvalue weighted by Crippen LogP contribution is -1.97. The van der Waals surface area contributed by atoms with Crippen molar-refractivity contribution in [2.24, 2.45) is 4.99 Å². The Balaban J connectivity index is 1.50. The van der Waals surface area contributed by atoms with Crippen LogP contribution in [0.4, 0.5) is 5.69 Å². The van der Waals surface area contributed by atoms with E-state index in [1.807, 2.05) is 54.7 Å². The Morgan fingerprint density at radius 1 is 0.500 bits per heavy atom. The summed E-state index contributed by atoms with van der Waals surface area (Å²) in [5.74, 6) is 1.85. The molecule has 0 atom stereocenters. The van der Waals surface area contributed by atoms with Crippen molar-refractivity contribution in [1.82, 2.24) is 0 Å². The van der Waals surface area contributed by atoms with E-state index in [1.54, 1.807) is 0 Å². The minimum absolute atomic E-state index is 0.787. The number of hydrogen-bond acceptors (Lipinski definition) is 3. The molecule has 0 aromatic heterocycles. The number of ether oxygens (including phenoxy) is 2. The number of aliphatic imine (C=N–C) groups is 1. The minimum atomic E-state index is 0.787. The van der Waals surface area contributed by atoms with Crippen LogP contribution in [-0.4, -0.2) is 19.4 Å². The van der Waals surface area contributed by atoms with Gasteiger partial charge in [-0.1, -0.05) is 104 Å². The highest BCUT2D eigenvalue weighted by atomic mass is 16.5. The second-order valence-corrected chi connectivity index (χ2v) is 9.97. The molecule has 0 heterocycles. The SMILES string of the molecule is CCCCCCCCCCCCCCCOc1ccc(N=Cc2ccc(OCCCCC)cc2)cc1. The summed E-state index contributed by atoms with van der Waals surface area (Å²) in [5.41, 5.74) is 2.00. The molecule has 0 aliphatic rings. The van der Waals surface area contributed by atoms with Crippen molar-refractivity contribution in [2.45, 2.75) is 117 Å². The Hall–Kier alpha value is -2.29. The maximum atomic E-state index is 5.92. The lowest BCUT2D eigenvalue weighted by molar-refractivity contribution is 0.304. The van der Waals surface area contributed by atoms with Crippen molar-refractivity contribution in [3.63, 3.8) is 0 Å². The Morgan fingerprint density at radius 2 is 0.889 bits per heavy atom. The molecule has 36 heavy (non-hydrogen) atoms. The van der Waals surface area contributed by atoms with Crippen LogP contribution in [0, 0.1) is 0 Å². The first kappa shape index (κ1) is 29.9. The van der Waals surface area contributed by atoms with Crippen LogP contribution in [0.5, 0.6) is 11.5 Å². The van der Waals surface area contributed by atoms with Crippen molar-refractivity contribution in [3.05, 3.63) is 54.1 Å². The normalized spacial score (nSPS) is 11.3. The van der Waals surface area contributed by atoms with Gasteiger partial charge in [0, 0.05) is 6.21 Å². The first-order valence-electron chi connectivity index (χ1n) is 14.8. The Bertz CT molecular complexity index is 782. The third-order valence-electron chi connectivity index (χ3n) is 6.61. The Labute approximate surface area is 221 Å². The number of benzene rings is 2. The summed E-state index contributed by atoms with van der Waals surface area (Å²) >= 11 is 0. The third kappa shape index (κ3) is 15.0. The molecule has 0 saturated carbocycles. The molecule has 0 radical (unpaired) electrons. The van der Waals surface area contributed by atoms with Gasteiger partial charge in [-0.15, -0.1) is 0 Å². The largest absolute Gasteiger partial charge is 0.494 e. The fourth-order valence-corrected chi connectivity index (χ4v) is 4.28. The smallest absolute Gasteiger partial charge is 0.119 e. The lowest BCUT2D eigenvalue weighted by Gasteiger charge is -2.07. The second kappa shape index (κ2) is 20.9. The maximum absolute atomic E-state index is 5.92. The van der Waals surface area contributed by atoms with Crippen LogP contribution in [0.15, 0.2) is 53.5 Å². The molecule has 2 aromatic rings. The summed E-state index contributed by atoms with van der Waals surface area (Å²) in [7, 11) is 0. The highest BCUT2D eigenvalue weighted by molar-refractivity contribution is 5.82. The standard InChI is InChI=1S/C33H51NO2/c1-3-5-7-8-9-10-11-12-13-14-15-16-18-28-36-33-25-21-31(22-26-33)34-29-30-19-23-32(24-20-30)35-27-17-6-4-2/h19-26,29H,3-18,27-28H2,1-2H3. The van der Waals surface area contributed by atoms with Crippen molar-refractivity contribution >= 4 is 11.9 Å². The van der Waals surface area contributed by atoms with Gasteiger partial charge in [-0.3, -0.25) is 4.99 Å². The quantitative estimate of drug-likeness (QED) is 0.121. The zero-order valence-electron chi connectivity index (χ0n) is 23.2. The average molecular weight is 494 g/mol. The van der Waals surface area contributed by atoms with Crippen molar-refractivity contribution < 1.29 is 9.47 Å². The molecule has 0 saturated heterocycles. The van der Waals surface area contributed by atoms with Gasteiger partial charge in [-0.2, -0.15) is 0 Å². The van der Waals surface area contributed by atoms with E-state index >= 15 is 0 Å². The van der Waals surface area contributed by atoms with Gasteiger partial charge >= 0.3 is 0 Å². The molecule has 3 nitrogen and oxygen atoms in total. The van der Waals surface area contributed by atoms with E-state index in [9.17, 15) is 0 Å². The van der Waals surface area contributed by atoms with Gasteiger partial charge in [-0.05, 0) is 66.9 Å². The number of rotatable bonds is 22. The van der Waals surface area contributed by atoms with E-state index in [0.29, 0.717) is 0 Å². The highest BCUT2D eigenvalue weighted by Crippen LogP contribution is 2.19. The highest BCUT2D eigenvalue weighted by Gasteiger charge is 1.98. The van der Waals surface area contributed by atoms with E-state index < -0.39 is 0 Å². The molecule has 2 rings (SSSR count). The van der Waals surface area contributed by atoms with Gasteiger partial charge in [-0.25, -0.2) is 0 Å². The Morgan fingerprint density at radius 3 is 1.39 bits per heavy atom. The fourth-order valence-electron chi connectivity index (χ4n) is 4.28. The van der Waals surface area contributed by atoms with Gasteiger partial charge in [0.2, 0.25) is 0 Å². The molecule has 0 bridgehead atoms. The summed E-state index contributed by atoms with van der Waals surface area (Å²) < 4.78 is 11.7. The first-order valence-corrected chi connectivity index (χ1v) is 14.8. The van der Waals surface area contributed by atoms with Gasteiger partial charge in [0.15, 0.2) is 0 Å². The van der Waals surface area contributed by atoms with Crippen LogP contribution < -0.4 is 9.47 Å². The van der Waals surface area contributed by atoms with Crippen LogP contribution >= 0.6 is 0 Å². The minimum Gasteiger partial charge on any atom is -0.494 e. The van der Waals surface area contributed by atoms with Crippen LogP contribution in [-0.2, 0) is 0 Å². The predicted octanol–water partition coefficient (Wildman–Crippen LogP) is 10.5. The fraction of sp³-hybridized carbons (Fsp3) is 0.606. The summed E-state index contributed by atoms with van der Waals surface area (Å²) in [5, 5.41) is 0. The van der Waals surface area contributed by atoms with Crippen molar-refractivity contribution in [2.75, 3.05) is 13.2 Å². The summed E-state index contributed by atoms with van der Waals surface area (Å²) in [6.07, 6.45) is 23.3. The van der Waals surface area contributed by atoms with Crippen LogP contribution in [0.1, 0.15) is 122 Å². The molecular weight excluding hydrogens is 442 g/mol. The average Bonchev–Trinajstić information content (AvgIpc) is 2.91.